The molecule has 0 saturated carbocycles. The van der Waals surface area contributed by atoms with Gasteiger partial charge in [0.25, 0.3) is 0 Å². The average molecular weight is 1410 g/mol. The Morgan fingerprint density at radius 3 is 1.33 bits per heavy atom. The van der Waals surface area contributed by atoms with Crippen LogP contribution in [0, 0.1) is 62.3 Å². The largest absolute Gasteiger partial charge is 0.316 e. The molecule has 0 unspecified atom stereocenters. The summed E-state index contributed by atoms with van der Waals surface area (Å²) in [5, 5.41) is 66.0. The third-order valence-corrected chi connectivity index (χ3v) is 14.3. The van der Waals surface area contributed by atoms with E-state index in [9.17, 15) is 0 Å². The van der Waals surface area contributed by atoms with E-state index in [0.717, 1.165) is 82.6 Å². The molecule has 16 rings (SSSR count). The monoisotopic (exact) mass is 1410 g/mol. The Labute approximate surface area is 626 Å². The summed E-state index contributed by atoms with van der Waals surface area (Å²) in [6.07, 6.45) is 17.7. The fraction of sp³-hybridized carbons (Fsp3) is 0.295. The number of aryl methyl sites for hydroxylation is 10. The van der Waals surface area contributed by atoms with Crippen molar-refractivity contribution in [3.63, 3.8) is 0 Å². The highest BCUT2D eigenvalue weighted by atomic mass is 15.1. The summed E-state index contributed by atoms with van der Waals surface area (Å²) in [4.78, 5) is 8.68. The molecule has 17 nitrogen and oxygen atoms in total. The molecule has 0 aliphatic carbocycles. The van der Waals surface area contributed by atoms with Crippen molar-refractivity contribution in [3.05, 3.63) is 276 Å². The molecule has 17 heteroatoms. The van der Waals surface area contributed by atoms with Gasteiger partial charge in [-0.1, -0.05) is 231 Å². The van der Waals surface area contributed by atoms with E-state index < -0.39 is 0 Å². The van der Waals surface area contributed by atoms with Crippen LogP contribution in [0.4, 0.5) is 0 Å². The van der Waals surface area contributed by atoms with Gasteiger partial charge in [0.05, 0.1) is 83.5 Å². The van der Waals surface area contributed by atoms with Crippen LogP contribution < -0.4 is 0 Å². The number of imidazole rings is 1. The van der Waals surface area contributed by atoms with Crippen molar-refractivity contribution >= 4 is 87.1 Å². The van der Waals surface area contributed by atoms with E-state index in [4.69, 9.17) is 0 Å². The highest BCUT2D eigenvalue weighted by molar-refractivity contribution is 5.86. The van der Waals surface area contributed by atoms with Gasteiger partial charge in [0.2, 0.25) is 0 Å². The summed E-state index contributed by atoms with van der Waals surface area (Å²) in [6.45, 7) is 50.3. The van der Waals surface area contributed by atoms with Crippen molar-refractivity contribution in [1.82, 2.24) is 85.9 Å². The van der Waals surface area contributed by atoms with Crippen molar-refractivity contribution in [1.29, 1.82) is 0 Å². The Morgan fingerprint density at radius 2 is 0.705 bits per heavy atom. The first-order valence-electron chi connectivity index (χ1n) is 36.7. The number of benzene rings is 7. The summed E-state index contributed by atoms with van der Waals surface area (Å²) in [5.41, 5.74) is 15.3. The van der Waals surface area contributed by atoms with Crippen LogP contribution in [0.5, 0.6) is 0 Å². The molecule has 0 N–H and O–H groups in total. The molecule has 0 saturated heterocycles. The second-order valence-corrected chi connectivity index (χ2v) is 21.0. The van der Waals surface area contributed by atoms with Crippen molar-refractivity contribution < 1.29 is 0 Å². The predicted octanol–water partition coefficient (Wildman–Crippen LogP) is 23.4. The topological polar surface area (TPSA) is 211 Å². The lowest BCUT2D eigenvalue weighted by Gasteiger charge is -1.97. The molecular formula is C88H115N17. The van der Waals surface area contributed by atoms with Crippen LogP contribution in [0.3, 0.4) is 0 Å². The standard InChI is InChI=1S/C9H11N3.7C9H8N2.8C2H6/c1-6-4-8-9(10-5-6)12(3)7(2)11-8;1-7-2-3-8-5-10-11-6-9(8)4-7;1-7-2-3-9-8(6-7)4-5-10-11-9;1-7-3-2-4-8-5-10-11-6-9(7)8;1-7-3-2-4-9-8(7)5-6-10-11-9;1-7-3-2-4-8-5-6-10-11-9(7)8;1-7-9-5-3-2-4-8(9)6-10-11-7;1-7-6-10-11-9-5-3-2-4-8(7)9;8*1-2/h4-5H,1-3H3;7*2-6H,1H3;8*1-2H3. The minimum absolute atomic E-state index is 0.957. The normalized spacial score (nSPS) is 9.24. The maximum atomic E-state index is 4.37. The third-order valence-electron chi connectivity index (χ3n) is 14.3. The number of rotatable bonds is 0. The molecule has 0 radical (unpaired) electrons. The zero-order chi connectivity index (χ0) is 78.5. The first-order chi connectivity index (χ1) is 51.3. The van der Waals surface area contributed by atoms with Gasteiger partial charge in [-0.2, -0.15) is 71.4 Å². The molecule has 16 aromatic rings. The summed E-state index contributed by atoms with van der Waals surface area (Å²) >= 11 is 0. The minimum atomic E-state index is 0.957. The van der Waals surface area contributed by atoms with E-state index in [2.05, 4.69) is 164 Å². The first-order valence-corrected chi connectivity index (χ1v) is 36.7. The summed E-state index contributed by atoms with van der Waals surface area (Å²) < 4.78 is 1.99. The second kappa shape index (κ2) is 54.3. The van der Waals surface area contributed by atoms with Crippen LogP contribution in [0.15, 0.2) is 226 Å². The molecule has 9 heterocycles. The lowest BCUT2D eigenvalue weighted by molar-refractivity contribution is 0.874. The quantitative estimate of drug-likeness (QED) is 0.138. The summed E-state index contributed by atoms with van der Waals surface area (Å²) in [5.74, 6) is 1.00. The van der Waals surface area contributed by atoms with E-state index in [1.807, 2.05) is 272 Å². The van der Waals surface area contributed by atoms with Gasteiger partial charge in [0.1, 0.15) is 11.3 Å². The van der Waals surface area contributed by atoms with Crippen LogP contribution in [0.25, 0.3) is 87.1 Å². The molecule has 0 atom stereocenters. The number of fused-ring (bicyclic) bond motifs is 8. The van der Waals surface area contributed by atoms with Gasteiger partial charge in [0.15, 0.2) is 5.65 Å². The zero-order valence-electron chi connectivity index (χ0n) is 67.5. The highest BCUT2D eigenvalue weighted by Crippen LogP contribution is 2.19. The van der Waals surface area contributed by atoms with Gasteiger partial charge < -0.3 is 4.57 Å². The fourth-order valence-electron chi connectivity index (χ4n) is 9.33. The van der Waals surface area contributed by atoms with E-state index in [1.54, 1.807) is 55.8 Å². The van der Waals surface area contributed by atoms with Crippen LogP contribution in [-0.4, -0.2) is 85.9 Å². The predicted molar refractivity (Wildman–Crippen MR) is 449 cm³/mol. The molecular weight excluding hydrogens is 1300 g/mol. The molecule has 0 amide bonds. The molecule has 0 aliphatic rings. The van der Waals surface area contributed by atoms with Crippen LogP contribution in [-0.2, 0) is 7.05 Å². The van der Waals surface area contributed by atoms with Crippen LogP contribution in [0.2, 0.25) is 0 Å². The van der Waals surface area contributed by atoms with Crippen molar-refractivity contribution in [2.24, 2.45) is 7.05 Å². The van der Waals surface area contributed by atoms with Gasteiger partial charge in [-0.3, -0.25) is 0 Å². The van der Waals surface area contributed by atoms with Crippen molar-refractivity contribution in [2.75, 3.05) is 0 Å². The SMILES string of the molecule is CC.CC.CC.CC.CC.CC.CC.CC.Cc1ccc2cnncc2c1.Cc1ccc2nnccc2c1.Cc1cccc2ccnnc12.Cc1cccc2cnncc12.Cc1cccc2nnccc12.Cc1cnc2c(c1)nc(C)n2C.Cc1cnnc2ccccc12.Cc1nncc2ccccc12. The lowest BCUT2D eigenvalue weighted by atomic mass is 10.1. The molecule has 7 aromatic carbocycles. The Kier molecular flexibility index (Phi) is 47.3. The van der Waals surface area contributed by atoms with E-state index in [-0.39, 0.29) is 0 Å². The molecule has 0 spiro atoms. The Morgan fingerprint density at radius 1 is 0.257 bits per heavy atom. The van der Waals surface area contributed by atoms with E-state index in [1.165, 1.54) is 54.9 Å². The minimum Gasteiger partial charge on any atom is -0.316 e. The number of nitrogens with zero attached hydrogens (tertiary/aromatic N) is 17. The highest BCUT2D eigenvalue weighted by Gasteiger charge is 2.05. The molecule has 0 fully saturated rings. The molecule has 0 aliphatic heterocycles. The average Bonchev–Trinajstić information content (AvgIpc) is 1.64. The lowest BCUT2D eigenvalue weighted by Crippen LogP contribution is -1.91. The maximum Gasteiger partial charge on any atom is 0.159 e. The fourth-order valence-corrected chi connectivity index (χ4v) is 9.33. The second-order valence-electron chi connectivity index (χ2n) is 21.0. The number of hydrogen-bond donors (Lipinski definition) is 0. The molecule has 552 valence electrons. The van der Waals surface area contributed by atoms with Gasteiger partial charge in [0, 0.05) is 67.1 Å². The summed E-state index contributed by atoms with van der Waals surface area (Å²) in [7, 11) is 1.98. The van der Waals surface area contributed by atoms with E-state index >= 15 is 0 Å². The maximum absolute atomic E-state index is 4.37. The molecule has 0 bridgehead atoms. The number of hydrogen-bond acceptors (Lipinski definition) is 16. The van der Waals surface area contributed by atoms with E-state index in [0.29, 0.717) is 0 Å². The Hall–Kier alpha value is -11.5. The third kappa shape index (κ3) is 30.2. The van der Waals surface area contributed by atoms with Crippen LogP contribution >= 0.6 is 0 Å². The number of pyridine rings is 1. The molecule has 9 aromatic heterocycles. The van der Waals surface area contributed by atoms with Crippen LogP contribution in [0.1, 0.15) is 161 Å². The summed E-state index contributed by atoms with van der Waals surface area (Å²) in [6, 6.07) is 54.7. The van der Waals surface area contributed by atoms with Gasteiger partial charge in [-0.05, 0) is 145 Å². The number of aromatic nitrogens is 17. The van der Waals surface area contributed by atoms with Crippen molar-refractivity contribution in [2.45, 2.75) is 173 Å². The van der Waals surface area contributed by atoms with Crippen molar-refractivity contribution in [3.8, 4) is 0 Å². The molecule has 105 heavy (non-hydrogen) atoms. The van der Waals surface area contributed by atoms with Gasteiger partial charge in [-0.25, -0.2) is 9.97 Å². The first kappa shape index (κ1) is 91.6. The smallest absolute Gasteiger partial charge is 0.159 e. The van der Waals surface area contributed by atoms with Gasteiger partial charge in [-0.15, -0.1) is 0 Å². The Balaban J connectivity index is 0.000000583. The van der Waals surface area contributed by atoms with Gasteiger partial charge >= 0.3 is 0 Å². The zero-order valence-corrected chi connectivity index (χ0v) is 67.5. The Bertz CT molecular complexity index is 4410.